The number of sulfonamides is 1. The van der Waals surface area contributed by atoms with Crippen LogP contribution in [0, 0.1) is 0 Å². The molecular weight excluding hydrogens is 224 g/mol. The summed E-state index contributed by atoms with van der Waals surface area (Å²) >= 11 is 1.01. The molecule has 0 saturated heterocycles. The summed E-state index contributed by atoms with van der Waals surface area (Å²) in [4.78, 5) is 5.10. The lowest BCUT2D eigenvalue weighted by Gasteiger charge is -1.92. The zero-order valence-corrected chi connectivity index (χ0v) is 9.32. The van der Waals surface area contributed by atoms with E-state index >= 15 is 0 Å². The molecule has 0 radical (unpaired) electrons. The maximum atomic E-state index is 11.2. The van der Waals surface area contributed by atoms with Crippen molar-refractivity contribution >= 4 is 33.5 Å². The molecule has 0 unspecified atom stereocenters. The van der Waals surface area contributed by atoms with Crippen molar-refractivity contribution in [3.63, 3.8) is 0 Å². The summed E-state index contributed by atoms with van der Waals surface area (Å²) in [6.45, 7) is 3.56. The third-order valence-corrected chi connectivity index (χ3v) is 4.18. The minimum Gasteiger partial charge on any atom is -0.302 e. The van der Waals surface area contributed by atoms with Crippen molar-refractivity contribution in [2.24, 2.45) is 0 Å². The molecule has 0 aliphatic carbocycles. The fraction of sp³-hybridized carbons (Fsp3) is 0.286. The van der Waals surface area contributed by atoms with Crippen molar-refractivity contribution in [2.75, 3.05) is 0 Å². The minimum absolute atomic E-state index is 0.138. The van der Waals surface area contributed by atoms with E-state index in [9.17, 15) is 8.42 Å². The molecule has 0 fully saturated rings. The zero-order chi connectivity index (χ0) is 10.8. The monoisotopic (exact) mass is 234 g/mol. The molecule has 14 heavy (non-hydrogen) atoms. The Morgan fingerprint density at radius 3 is 2.43 bits per heavy atom. The molecule has 0 aromatic carbocycles. The van der Waals surface area contributed by atoms with E-state index in [0.29, 0.717) is 5.35 Å². The normalized spacial score (nSPS) is 15.1. The highest BCUT2D eigenvalue weighted by Crippen LogP contribution is 2.04. The first-order valence-corrected chi connectivity index (χ1v) is 6.10. The van der Waals surface area contributed by atoms with E-state index in [-0.39, 0.29) is 4.34 Å². The predicted molar refractivity (Wildman–Crippen MR) is 53.8 cm³/mol. The summed E-state index contributed by atoms with van der Waals surface area (Å²) in [5.41, 5.74) is 0. The van der Waals surface area contributed by atoms with Crippen LogP contribution in [0.1, 0.15) is 13.8 Å². The van der Waals surface area contributed by atoms with Gasteiger partial charge in [-0.1, -0.05) is 17.0 Å². The lowest BCUT2D eigenvalue weighted by atomic mass is 10.5. The predicted octanol–water partition coefficient (Wildman–Crippen LogP) is -0.589. The van der Waals surface area contributed by atoms with E-state index in [0.717, 1.165) is 15.9 Å². The molecule has 0 atom stereocenters. The number of nitrogens with one attached hydrogen (secondary N) is 1. The number of nitrogens with zero attached hydrogens (tertiary/aromatic N) is 1. The van der Waals surface area contributed by atoms with Gasteiger partial charge in [0.1, 0.15) is 0 Å². The molecule has 0 amide bonds. The SMILES string of the molecule is CC=c1nc(S(=O)(=O)NO)sc1=CC. The quantitative estimate of drug-likeness (QED) is 0.670. The van der Waals surface area contributed by atoms with E-state index in [1.165, 1.54) is 4.89 Å². The highest BCUT2D eigenvalue weighted by atomic mass is 32.2. The summed E-state index contributed by atoms with van der Waals surface area (Å²) in [5.74, 6) is 0. The van der Waals surface area contributed by atoms with Gasteiger partial charge in [0, 0.05) is 0 Å². The second kappa shape index (κ2) is 4.18. The Morgan fingerprint density at radius 1 is 1.43 bits per heavy atom. The van der Waals surface area contributed by atoms with Crippen LogP contribution in [0.4, 0.5) is 0 Å². The van der Waals surface area contributed by atoms with Crippen LogP contribution in [0.5, 0.6) is 0 Å². The summed E-state index contributed by atoms with van der Waals surface area (Å²) in [5, 5.41) is 9.00. The van der Waals surface area contributed by atoms with Crippen LogP contribution in [-0.4, -0.2) is 18.6 Å². The molecule has 0 aliphatic rings. The third kappa shape index (κ3) is 2.01. The maximum absolute atomic E-state index is 11.2. The van der Waals surface area contributed by atoms with Crippen LogP contribution in [0.25, 0.3) is 12.2 Å². The van der Waals surface area contributed by atoms with E-state index < -0.39 is 10.0 Å². The molecule has 0 bridgehead atoms. The number of thiazole rings is 1. The van der Waals surface area contributed by atoms with E-state index in [4.69, 9.17) is 5.21 Å². The van der Waals surface area contributed by atoms with Gasteiger partial charge in [-0.15, -0.1) is 11.3 Å². The maximum Gasteiger partial charge on any atom is 0.289 e. The average molecular weight is 234 g/mol. The smallest absolute Gasteiger partial charge is 0.289 e. The largest absolute Gasteiger partial charge is 0.302 e. The van der Waals surface area contributed by atoms with Gasteiger partial charge in [-0.25, -0.2) is 13.4 Å². The van der Waals surface area contributed by atoms with Gasteiger partial charge in [0.15, 0.2) is 0 Å². The molecule has 1 heterocycles. The van der Waals surface area contributed by atoms with Crippen molar-refractivity contribution in [1.29, 1.82) is 0 Å². The van der Waals surface area contributed by atoms with Gasteiger partial charge >= 0.3 is 0 Å². The first-order chi connectivity index (χ1) is 6.55. The van der Waals surface area contributed by atoms with Gasteiger partial charge in [0.2, 0.25) is 4.34 Å². The first kappa shape index (κ1) is 11.3. The van der Waals surface area contributed by atoms with Crippen LogP contribution in [0.2, 0.25) is 0 Å². The molecule has 1 aromatic heterocycles. The molecule has 0 spiro atoms. The van der Waals surface area contributed by atoms with Crippen LogP contribution in [0.3, 0.4) is 0 Å². The zero-order valence-electron chi connectivity index (χ0n) is 7.68. The van der Waals surface area contributed by atoms with Crippen molar-refractivity contribution < 1.29 is 13.6 Å². The van der Waals surface area contributed by atoms with Crippen LogP contribution < -0.4 is 14.8 Å². The van der Waals surface area contributed by atoms with Gasteiger partial charge in [-0.2, -0.15) is 0 Å². The number of hydrogen-bond acceptors (Lipinski definition) is 5. The fourth-order valence-electron chi connectivity index (χ4n) is 0.890. The second-order valence-electron chi connectivity index (χ2n) is 2.40. The Balaban J connectivity index is 3.52. The molecule has 2 N–H and O–H groups in total. The first-order valence-electron chi connectivity index (χ1n) is 3.80. The molecule has 0 saturated carbocycles. The number of aromatic nitrogens is 1. The topological polar surface area (TPSA) is 79.3 Å². The minimum atomic E-state index is -3.85. The number of hydrogen-bond donors (Lipinski definition) is 2. The van der Waals surface area contributed by atoms with Gasteiger partial charge in [0.05, 0.1) is 9.88 Å². The Labute approximate surface area is 85.4 Å². The van der Waals surface area contributed by atoms with Gasteiger partial charge in [-0.05, 0) is 13.8 Å². The Bertz CT molecular complexity index is 498. The highest BCUT2D eigenvalue weighted by molar-refractivity contribution is 7.91. The number of rotatable bonds is 2. The van der Waals surface area contributed by atoms with Crippen LogP contribution in [0.15, 0.2) is 4.34 Å². The summed E-state index contributed by atoms with van der Waals surface area (Å²) in [6.07, 6.45) is 3.48. The molecule has 7 heteroatoms. The van der Waals surface area contributed by atoms with Crippen LogP contribution in [-0.2, 0) is 10.0 Å². The highest BCUT2D eigenvalue weighted by Gasteiger charge is 2.16. The van der Waals surface area contributed by atoms with Crippen molar-refractivity contribution in [1.82, 2.24) is 9.87 Å². The van der Waals surface area contributed by atoms with E-state index in [1.54, 1.807) is 26.0 Å². The Morgan fingerprint density at radius 2 is 2.07 bits per heavy atom. The van der Waals surface area contributed by atoms with Gasteiger partial charge in [-0.3, -0.25) is 0 Å². The standard InChI is InChI=1S/C7H10N2O3S2/c1-3-5-6(4-2)13-7(8-5)14(11,12)9-10/h3-4,9-10H,1-2H3. The van der Waals surface area contributed by atoms with Crippen molar-refractivity contribution in [3.05, 3.63) is 9.88 Å². The third-order valence-electron chi connectivity index (χ3n) is 1.55. The summed E-state index contributed by atoms with van der Waals surface area (Å²) in [7, 11) is -3.85. The van der Waals surface area contributed by atoms with E-state index in [2.05, 4.69) is 4.98 Å². The molecular formula is C7H10N2O3S2. The fourth-order valence-corrected chi connectivity index (χ4v) is 2.72. The molecule has 78 valence electrons. The lowest BCUT2D eigenvalue weighted by molar-refractivity contribution is 0.242. The Kier molecular flexibility index (Phi) is 3.38. The second-order valence-corrected chi connectivity index (χ2v) is 5.27. The lowest BCUT2D eigenvalue weighted by Crippen LogP contribution is -2.22. The average Bonchev–Trinajstić information content (AvgIpc) is 2.61. The summed E-state index contributed by atoms with van der Waals surface area (Å²) < 4.78 is 22.9. The Hall–Kier alpha value is -0.760. The molecule has 5 nitrogen and oxygen atoms in total. The molecule has 1 aromatic rings. The van der Waals surface area contributed by atoms with Gasteiger partial charge < -0.3 is 5.21 Å². The van der Waals surface area contributed by atoms with E-state index in [1.807, 2.05) is 0 Å². The molecule has 1 rings (SSSR count). The molecule has 0 aliphatic heterocycles. The van der Waals surface area contributed by atoms with Crippen molar-refractivity contribution in [2.45, 2.75) is 18.2 Å². The summed E-state index contributed by atoms with van der Waals surface area (Å²) in [6, 6.07) is 0. The van der Waals surface area contributed by atoms with Crippen LogP contribution >= 0.6 is 11.3 Å². The van der Waals surface area contributed by atoms with Gasteiger partial charge in [0.25, 0.3) is 10.0 Å². The van der Waals surface area contributed by atoms with Crippen molar-refractivity contribution in [3.8, 4) is 0 Å².